The SMILES string of the molecule is CCN(CC)C[C@H](C)NC(=O)CCn1nc(C)c(Cl)c1C. The summed E-state index contributed by atoms with van der Waals surface area (Å²) in [6.45, 7) is 13.5. The highest BCUT2D eigenvalue weighted by molar-refractivity contribution is 6.31. The minimum absolute atomic E-state index is 0.0540. The molecule has 0 spiro atoms. The Labute approximate surface area is 132 Å². The molecule has 1 heterocycles. The van der Waals surface area contributed by atoms with E-state index in [2.05, 4.69) is 29.2 Å². The lowest BCUT2D eigenvalue weighted by molar-refractivity contribution is -0.122. The summed E-state index contributed by atoms with van der Waals surface area (Å²) < 4.78 is 1.80. The fourth-order valence-corrected chi connectivity index (χ4v) is 2.50. The van der Waals surface area contributed by atoms with Gasteiger partial charge >= 0.3 is 0 Å². The second-order valence-electron chi connectivity index (χ2n) is 5.41. The van der Waals surface area contributed by atoms with E-state index in [9.17, 15) is 4.79 Å². The molecule has 6 heteroatoms. The van der Waals surface area contributed by atoms with E-state index in [0.717, 1.165) is 31.0 Å². The van der Waals surface area contributed by atoms with Gasteiger partial charge < -0.3 is 10.2 Å². The molecule has 0 saturated heterocycles. The lowest BCUT2D eigenvalue weighted by Gasteiger charge is -2.23. The standard InChI is InChI=1S/C15H27ClN4O/c1-6-19(7-2)10-11(3)17-14(21)8-9-20-13(5)15(16)12(4)18-20/h11H,6-10H2,1-5H3,(H,17,21)/t11-/m0/s1. The third-order valence-electron chi connectivity index (χ3n) is 3.68. The van der Waals surface area contributed by atoms with Crippen LogP contribution in [0.4, 0.5) is 0 Å². The third kappa shape index (κ3) is 5.32. The lowest BCUT2D eigenvalue weighted by Crippen LogP contribution is -2.42. The van der Waals surface area contributed by atoms with E-state index < -0.39 is 0 Å². The Morgan fingerprint density at radius 3 is 2.48 bits per heavy atom. The maximum absolute atomic E-state index is 12.0. The first kappa shape index (κ1) is 18.0. The molecule has 0 saturated carbocycles. The fraction of sp³-hybridized carbons (Fsp3) is 0.733. The van der Waals surface area contributed by atoms with Gasteiger partial charge in [-0.15, -0.1) is 0 Å². The highest BCUT2D eigenvalue weighted by atomic mass is 35.5. The Morgan fingerprint density at radius 1 is 1.38 bits per heavy atom. The molecule has 1 aromatic rings. The average Bonchev–Trinajstić information content (AvgIpc) is 2.69. The second kappa shape index (κ2) is 8.39. The van der Waals surface area contributed by atoms with Crippen molar-refractivity contribution >= 4 is 17.5 Å². The van der Waals surface area contributed by atoms with Crippen LogP contribution in [0.1, 0.15) is 38.6 Å². The Morgan fingerprint density at radius 2 is 2.00 bits per heavy atom. The first-order chi connectivity index (χ1) is 9.88. The number of hydrogen-bond acceptors (Lipinski definition) is 3. The van der Waals surface area contributed by atoms with E-state index in [1.807, 2.05) is 20.8 Å². The largest absolute Gasteiger partial charge is 0.352 e. The van der Waals surface area contributed by atoms with E-state index in [0.29, 0.717) is 18.0 Å². The summed E-state index contributed by atoms with van der Waals surface area (Å²) in [7, 11) is 0. The summed E-state index contributed by atoms with van der Waals surface area (Å²) in [6.07, 6.45) is 0.418. The molecular weight excluding hydrogens is 288 g/mol. The number of amides is 1. The van der Waals surface area contributed by atoms with Gasteiger partial charge in [0.1, 0.15) is 0 Å². The molecule has 5 nitrogen and oxygen atoms in total. The summed E-state index contributed by atoms with van der Waals surface area (Å²) in [5.74, 6) is 0.0540. The number of rotatable bonds is 8. The van der Waals surface area contributed by atoms with Crippen molar-refractivity contribution in [1.29, 1.82) is 0 Å². The zero-order chi connectivity index (χ0) is 16.0. The molecule has 0 aliphatic heterocycles. The number of aromatic nitrogens is 2. The molecule has 1 rings (SSSR count). The number of halogens is 1. The molecule has 0 bridgehead atoms. The molecule has 1 N–H and O–H groups in total. The van der Waals surface area contributed by atoms with E-state index in [-0.39, 0.29) is 11.9 Å². The Balaban J connectivity index is 2.42. The molecule has 0 radical (unpaired) electrons. The van der Waals surface area contributed by atoms with Gasteiger partial charge in [-0.3, -0.25) is 9.48 Å². The first-order valence-electron chi connectivity index (χ1n) is 7.60. The molecule has 0 unspecified atom stereocenters. The molecule has 0 fully saturated rings. The number of carbonyl (C=O) groups is 1. The van der Waals surface area contributed by atoms with Crippen molar-refractivity contribution in [3.63, 3.8) is 0 Å². The lowest BCUT2D eigenvalue weighted by atomic mass is 10.2. The Bertz CT molecular complexity index is 468. The van der Waals surface area contributed by atoms with Crippen LogP contribution in [0.5, 0.6) is 0 Å². The molecule has 1 atom stereocenters. The number of hydrogen-bond donors (Lipinski definition) is 1. The van der Waals surface area contributed by atoms with Crippen molar-refractivity contribution < 1.29 is 4.79 Å². The van der Waals surface area contributed by atoms with Crippen molar-refractivity contribution in [3.8, 4) is 0 Å². The van der Waals surface area contributed by atoms with Crippen LogP contribution < -0.4 is 5.32 Å². The molecule has 1 amide bonds. The average molecular weight is 315 g/mol. The highest BCUT2D eigenvalue weighted by Crippen LogP contribution is 2.18. The Kier molecular flexibility index (Phi) is 7.18. The van der Waals surface area contributed by atoms with Crippen LogP contribution in [-0.2, 0) is 11.3 Å². The maximum atomic E-state index is 12.0. The summed E-state index contributed by atoms with van der Waals surface area (Å²) >= 11 is 6.10. The molecule has 0 aromatic carbocycles. The maximum Gasteiger partial charge on any atom is 0.222 e. The molecule has 120 valence electrons. The molecular formula is C15H27ClN4O. The van der Waals surface area contributed by atoms with Gasteiger partial charge in [0, 0.05) is 19.0 Å². The van der Waals surface area contributed by atoms with Gasteiger partial charge in [0.05, 0.1) is 23.0 Å². The smallest absolute Gasteiger partial charge is 0.222 e. The van der Waals surface area contributed by atoms with Gasteiger partial charge in [0.2, 0.25) is 5.91 Å². The monoisotopic (exact) mass is 314 g/mol. The van der Waals surface area contributed by atoms with Gasteiger partial charge in [-0.05, 0) is 33.9 Å². The van der Waals surface area contributed by atoms with Gasteiger partial charge in [0.15, 0.2) is 0 Å². The summed E-state index contributed by atoms with van der Waals surface area (Å²) in [5, 5.41) is 8.05. The number of carbonyl (C=O) groups excluding carboxylic acids is 1. The van der Waals surface area contributed by atoms with Crippen molar-refractivity contribution in [2.45, 2.75) is 53.6 Å². The van der Waals surface area contributed by atoms with E-state index in [1.165, 1.54) is 0 Å². The number of nitrogens with zero attached hydrogens (tertiary/aromatic N) is 3. The molecule has 1 aromatic heterocycles. The highest BCUT2D eigenvalue weighted by Gasteiger charge is 2.13. The van der Waals surface area contributed by atoms with Gasteiger partial charge in [-0.25, -0.2) is 0 Å². The third-order valence-corrected chi connectivity index (χ3v) is 4.22. The van der Waals surface area contributed by atoms with Gasteiger partial charge in [-0.1, -0.05) is 25.4 Å². The van der Waals surface area contributed by atoms with Crippen LogP contribution in [0.15, 0.2) is 0 Å². The zero-order valence-corrected chi connectivity index (χ0v) is 14.5. The van der Waals surface area contributed by atoms with Crippen molar-refractivity contribution in [3.05, 3.63) is 16.4 Å². The number of aryl methyl sites for hydroxylation is 2. The van der Waals surface area contributed by atoms with Crippen LogP contribution in [0, 0.1) is 13.8 Å². The Hall–Kier alpha value is -1.07. The molecule has 21 heavy (non-hydrogen) atoms. The number of likely N-dealkylation sites (N-methyl/N-ethyl adjacent to an activating group) is 1. The van der Waals surface area contributed by atoms with Crippen molar-refractivity contribution in [1.82, 2.24) is 20.0 Å². The predicted molar refractivity (Wildman–Crippen MR) is 86.7 cm³/mol. The van der Waals surface area contributed by atoms with Crippen LogP contribution in [0.25, 0.3) is 0 Å². The number of nitrogens with one attached hydrogen (secondary N) is 1. The van der Waals surface area contributed by atoms with Crippen LogP contribution >= 0.6 is 11.6 Å². The van der Waals surface area contributed by atoms with E-state index in [1.54, 1.807) is 4.68 Å². The van der Waals surface area contributed by atoms with E-state index >= 15 is 0 Å². The second-order valence-corrected chi connectivity index (χ2v) is 5.79. The predicted octanol–water partition coefficient (Wildman–Crippen LogP) is 2.39. The van der Waals surface area contributed by atoms with Crippen LogP contribution in [0.3, 0.4) is 0 Å². The quantitative estimate of drug-likeness (QED) is 0.801. The van der Waals surface area contributed by atoms with E-state index in [4.69, 9.17) is 11.6 Å². The molecule has 0 aliphatic carbocycles. The minimum atomic E-state index is 0.0540. The fourth-order valence-electron chi connectivity index (χ4n) is 2.36. The zero-order valence-electron chi connectivity index (χ0n) is 13.7. The van der Waals surface area contributed by atoms with Gasteiger partial charge in [-0.2, -0.15) is 5.10 Å². The summed E-state index contributed by atoms with van der Waals surface area (Å²) in [4.78, 5) is 14.3. The topological polar surface area (TPSA) is 50.2 Å². The van der Waals surface area contributed by atoms with Crippen molar-refractivity contribution in [2.75, 3.05) is 19.6 Å². The summed E-state index contributed by atoms with van der Waals surface area (Å²) in [5.41, 5.74) is 1.72. The summed E-state index contributed by atoms with van der Waals surface area (Å²) in [6, 6.07) is 0.154. The minimum Gasteiger partial charge on any atom is -0.352 e. The van der Waals surface area contributed by atoms with Crippen LogP contribution in [0.2, 0.25) is 5.02 Å². The van der Waals surface area contributed by atoms with Crippen LogP contribution in [-0.4, -0.2) is 46.3 Å². The molecule has 0 aliphatic rings. The normalized spacial score (nSPS) is 12.7. The first-order valence-corrected chi connectivity index (χ1v) is 7.98. The van der Waals surface area contributed by atoms with Gasteiger partial charge in [0.25, 0.3) is 0 Å². The van der Waals surface area contributed by atoms with Crippen molar-refractivity contribution in [2.24, 2.45) is 0 Å².